The van der Waals surface area contributed by atoms with Crippen LogP contribution in [0.1, 0.15) is 16.7 Å². The summed E-state index contributed by atoms with van der Waals surface area (Å²) in [5.41, 5.74) is 3.53. The number of aliphatic imine (C=N–C) groups is 1. The molecule has 5 nitrogen and oxygen atoms in total. The third kappa shape index (κ3) is 6.35. The highest BCUT2D eigenvalue weighted by atomic mass is 127. The van der Waals surface area contributed by atoms with Crippen LogP contribution in [0, 0.1) is 6.92 Å². The predicted octanol–water partition coefficient (Wildman–Crippen LogP) is 4.26. The Morgan fingerprint density at radius 2 is 1.73 bits per heavy atom. The van der Waals surface area contributed by atoms with Crippen LogP contribution in [0.4, 0.5) is 0 Å². The summed E-state index contributed by atoms with van der Waals surface area (Å²) in [5.74, 6) is 2.12. The van der Waals surface area contributed by atoms with Crippen molar-refractivity contribution in [1.29, 1.82) is 0 Å². The Morgan fingerprint density at radius 3 is 2.31 bits per heavy atom. The van der Waals surface area contributed by atoms with Gasteiger partial charge < -0.3 is 20.1 Å². The first-order valence-electron chi connectivity index (χ1n) is 7.97. The van der Waals surface area contributed by atoms with Gasteiger partial charge >= 0.3 is 0 Å². The van der Waals surface area contributed by atoms with Gasteiger partial charge in [-0.2, -0.15) is 0 Å². The number of guanidine groups is 1. The minimum atomic E-state index is 0. The van der Waals surface area contributed by atoms with E-state index >= 15 is 0 Å². The van der Waals surface area contributed by atoms with E-state index in [1.807, 2.05) is 12.1 Å². The summed E-state index contributed by atoms with van der Waals surface area (Å²) < 4.78 is 11.6. The van der Waals surface area contributed by atoms with Crippen LogP contribution < -0.4 is 20.1 Å². The number of aryl methyl sites for hydroxylation is 1. The van der Waals surface area contributed by atoms with Gasteiger partial charge in [0.1, 0.15) is 0 Å². The first kappa shape index (κ1) is 22.6. The third-order valence-corrected chi connectivity index (χ3v) is 4.31. The maximum Gasteiger partial charge on any atom is 0.191 e. The molecule has 26 heavy (non-hydrogen) atoms. The molecule has 0 bridgehead atoms. The molecule has 0 amide bonds. The van der Waals surface area contributed by atoms with Crippen LogP contribution in [-0.4, -0.2) is 27.2 Å². The highest BCUT2D eigenvalue weighted by Gasteiger charge is 2.10. The van der Waals surface area contributed by atoms with Crippen LogP contribution in [0.25, 0.3) is 0 Å². The highest BCUT2D eigenvalue weighted by molar-refractivity contribution is 14.0. The van der Waals surface area contributed by atoms with Crippen LogP contribution in [0.2, 0.25) is 0 Å². The molecule has 0 fully saturated rings. The van der Waals surface area contributed by atoms with Gasteiger partial charge in [0.25, 0.3) is 0 Å². The normalized spacial score (nSPS) is 10.7. The zero-order valence-electron chi connectivity index (χ0n) is 15.4. The minimum Gasteiger partial charge on any atom is -0.493 e. The standard InChI is InChI=1S/C19H24BrN3O2.HI/c1-13-6-5-7-14(8-13)11-22-19(21-2)23-12-15-9-16(20)18(25-4)17(10-15)24-3;/h5-10H,11-12H2,1-4H3,(H2,21,22,23);1H. The lowest BCUT2D eigenvalue weighted by Crippen LogP contribution is -2.36. The van der Waals surface area contributed by atoms with Crippen molar-refractivity contribution >= 4 is 45.9 Å². The number of methoxy groups -OCH3 is 2. The molecule has 0 aromatic heterocycles. The number of nitrogens with zero attached hydrogens (tertiary/aromatic N) is 1. The zero-order valence-corrected chi connectivity index (χ0v) is 19.3. The molecule has 0 saturated carbocycles. The summed E-state index contributed by atoms with van der Waals surface area (Å²) in [6, 6.07) is 12.4. The van der Waals surface area contributed by atoms with E-state index < -0.39 is 0 Å². The summed E-state index contributed by atoms with van der Waals surface area (Å²) >= 11 is 3.51. The molecule has 0 aliphatic heterocycles. The fraction of sp³-hybridized carbons (Fsp3) is 0.316. The number of ether oxygens (including phenoxy) is 2. The van der Waals surface area contributed by atoms with Gasteiger partial charge in [0.15, 0.2) is 17.5 Å². The third-order valence-electron chi connectivity index (χ3n) is 3.72. The van der Waals surface area contributed by atoms with Crippen LogP contribution in [0.3, 0.4) is 0 Å². The summed E-state index contributed by atoms with van der Waals surface area (Å²) in [6.07, 6.45) is 0. The second kappa shape index (κ2) is 11.3. The first-order chi connectivity index (χ1) is 12.1. The average molecular weight is 534 g/mol. The molecule has 2 N–H and O–H groups in total. The molecule has 0 spiro atoms. The predicted molar refractivity (Wildman–Crippen MR) is 121 cm³/mol. The average Bonchev–Trinajstić information content (AvgIpc) is 2.61. The number of hydrogen-bond donors (Lipinski definition) is 2. The van der Waals surface area contributed by atoms with E-state index in [-0.39, 0.29) is 24.0 Å². The topological polar surface area (TPSA) is 54.9 Å². The molecule has 2 aromatic rings. The Kier molecular flexibility index (Phi) is 9.79. The van der Waals surface area contributed by atoms with Crippen molar-refractivity contribution in [3.63, 3.8) is 0 Å². The van der Waals surface area contributed by atoms with Gasteiger partial charge in [-0.3, -0.25) is 4.99 Å². The highest BCUT2D eigenvalue weighted by Crippen LogP contribution is 2.36. The lowest BCUT2D eigenvalue weighted by Gasteiger charge is -2.15. The second-order valence-electron chi connectivity index (χ2n) is 5.58. The molecular formula is C19H25BrIN3O2. The van der Waals surface area contributed by atoms with Gasteiger partial charge in [-0.25, -0.2) is 0 Å². The van der Waals surface area contributed by atoms with Gasteiger partial charge in [-0.1, -0.05) is 29.8 Å². The number of halogens is 2. The Hall–Kier alpha value is -1.48. The number of nitrogens with one attached hydrogen (secondary N) is 2. The van der Waals surface area contributed by atoms with Crippen LogP contribution in [0.15, 0.2) is 45.9 Å². The van der Waals surface area contributed by atoms with Crippen molar-refractivity contribution in [2.75, 3.05) is 21.3 Å². The Morgan fingerprint density at radius 1 is 1.04 bits per heavy atom. The van der Waals surface area contributed by atoms with E-state index in [9.17, 15) is 0 Å². The van der Waals surface area contributed by atoms with E-state index in [1.165, 1.54) is 11.1 Å². The van der Waals surface area contributed by atoms with Crippen molar-refractivity contribution in [3.05, 3.63) is 57.6 Å². The zero-order chi connectivity index (χ0) is 18.2. The molecule has 2 aromatic carbocycles. The van der Waals surface area contributed by atoms with E-state index in [4.69, 9.17) is 9.47 Å². The van der Waals surface area contributed by atoms with Crippen molar-refractivity contribution in [2.45, 2.75) is 20.0 Å². The molecule has 0 radical (unpaired) electrons. The van der Waals surface area contributed by atoms with Gasteiger partial charge in [-0.15, -0.1) is 24.0 Å². The molecule has 2 rings (SSSR count). The molecule has 7 heteroatoms. The number of benzene rings is 2. The van der Waals surface area contributed by atoms with Crippen molar-refractivity contribution in [1.82, 2.24) is 10.6 Å². The number of hydrogen-bond acceptors (Lipinski definition) is 3. The molecule has 0 unspecified atom stereocenters. The molecular weight excluding hydrogens is 509 g/mol. The van der Waals surface area contributed by atoms with Gasteiger partial charge in [-0.05, 0) is 46.1 Å². The SMILES string of the molecule is CN=C(NCc1cccc(C)c1)NCc1cc(Br)c(OC)c(OC)c1.I. The summed E-state index contributed by atoms with van der Waals surface area (Å²) in [5, 5.41) is 6.63. The molecule has 0 saturated heterocycles. The van der Waals surface area contributed by atoms with Crippen molar-refractivity contribution < 1.29 is 9.47 Å². The molecule has 0 heterocycles. The quantitative estimate of drug-likeness (QED) is 0.331. The molecule has 142 valence electrons. The Bertz CT molecular complexity index is 754. The maximum absolute atomic E-state index is 5.38. The fourth-order valence-corrected chi connectivity index (χ4v) is 3.14. The molecule has 0 aliphatic carbocycles. The van der Waals surface area contributed by atoms with Crippen LogP contribution >= 0.6 is 39.9 Å². The Balaban J connectivity index is 0.00000338. The van der Waals surface area contributed by atoms with Crippen molar-refractivity contribution in [3.8, 4) is 11.5 Å². The minimum absolute atomic E-state index is 0. The molecule has 0 atom stereocenters. The second-order valence-corrected chi connectivity index (χ2v) is 6.44. The smallest absolute Gasteiger partial charge is 0.191 e. The lowest BCUT2D eigenvalue weighted by molar-refractivity contribution is 0.352. The summed E-state index contributed by atoms with van der Waals surface area (Å²) in [7, 11) is 5.01. The van der Waals surface area contributed by atoms with Crippen LogP contribution in [0.5, 0.6) is 11.5 Å². The van der Waals surface area contributed by atoms with E-state index in [2.05, 4.69) is 62.7 Å². The van der Waals surface area contributed by atoms with Gasteiger partial charge in [0.05, 0.1) is 18.7 Å². The maximum atomic E-state index is 5.38. The van der Waals surface area contributed by atoms with E-state index in [0.29, 0.717) is 18.0 Å². The monoisotopic (exact) mass is 533 g/mol. The fourth-order valence-electron chi connectivity index (χ4n) is 2.49. The largest absolute Gasteiger partial charge is 0.493 e. The first-order valence-corrected chi connectivity index (χ1v) is 8.77. The number of rotatable bonds is 6. The van der Waals surface area contributed by atoms with Crippen molar-refractivity contribution in [2.24, 2.45) is 4.99 Å². The van der Waals surface area contributed by atoms with E-state index in [1.54, 1.807) is 21.3 Å². The lowest BCUT2D eigenvalue weighted by atomic mass is 10.1. The van der Waals surface area contributed by atoms with E-state index in [0.717, 1.165) is 22.5 Å². The summed E-state index contributed by atoms with van der Waals surface area (Å²) in [6.45, 7) is 3.43. The van der Waals surface area contributed by atoms with Gasteiger partial charge in [0.2, 0.25) is 0 Å². The molecule has 0 aliphatic rings. The van der Waals surface area contributed by atoms with Gasteiger partial charge in [0, 0.05) is 20.1 Å². The Labute approximate surface area is 180 Å². The summed E-state index contributed by atoms with van der Waals surface area (Å²) in [4.78, 5) is 4.27. The van der Waals surface area contributed by atoms with Crippen LogP contribution in [-0.2, 0) is 13.1 Å².